The molecule has 3 aromatic heterocycles. The summed E-state index contributed by atoms with van der Waals surface area (Å²) in [5, 5.41) is 3.03. The van der Waals surface area contributed by atoms with Gasteiger partial charge in [-0.3, -0.25) is 18.7 Å². The second-order valence-corrected chi connectivity index (χ2v) is 7.12. The average molecular weight is 382 g/mol. The highest BCUT2D eigenvalue weighted by Gasteiger charge is 2.26. The number of pyridine rings is 1. The van der Waals surface area contributed by atoms with Gasteiger partial charge in [-0.15, -0.1) is 0 Å². The number of carbonyl (C=O) groups excluding carboxylic acids is 1. The van der Waals surface area contributed by atoms with E-state index in [1.807, 2.05) is 39.9 Å². The molecule has 0 radical (unpaired) electrons. The Kier molecular flexibility index (Phi) is 4.50. The molecule has 4 heterocycles. The maximum Gasteiger partial charge on any atom is 0.332 e. The van der Waals surface area contributed by atoms with Crippen molar-refractivity contribution in [2.45, 2.75) is 18.9 Å². The predicted molar refractivity (Wildman–Crippen MR) is 105 cm³/mol. The molecule has 146 valence electrons. The summed E-state index contributed by atoms with van der Waals surface area (Å²) >= 11 is 0. The van der Waals surface area contributed by atoms with Gasteiger partial charge in [-0.1, -0.05) is 6.07 Å². The standard InChI is InChI=1S/C19H22N6O3/c1-22-17(10-18(27)23(2)19(22)28)25-8-6-13(11-25)21-16(26)9-14-12-24-7-4-3-5-15(24)20-14/h3-5,7,10,12-13H,6,8-9,11H2,1-2H3,(H,21,26)/t13-/m1/s1. The lowest BCUT2D eigenvalue weighted by Gasteiger charge is -2.21. The van der Waals surface area contributed by atoms with Gasteiger partial charge in [0, 0.05) is 51.7 Å². The Morgan fingerprint density at radius 2 is 2.07 bits per heavy atom. The van der Waals surface area contributed by atoms with E-state index in [-0.39, 0.29) is 29.6 Å². The van der Waals surface area contributed by atoms with Crippen LogP contribution in [0.5, 0.6) is 0 Å². The molecule has 1 fully saturated rings. The Morgan fingerprint density at radius 1 is 1.25 bits per heavy atom. The zero-order valence-electron chi connectivity index (χ0n) is 15.8. The monoisotopic (exact) mass is 382 g/mol. The Morgan fingerprint density at radius 3 is 2.86 bits per heavy atom. The highest BCUT2D eigenvalue weighted by Crippen LogP contribution is 2.17. The number of amides is 1. The van der Waals surface area contributed by atoms with E-state index in [1.54, 1.807) is 7.05 Å². The van der Waals surface area contributed by atoms with Crippen LogP contribution in [0.1, 0.15) is 12.1 Å². The van der Waals surface area contributed by atoms with E-state index in [0.29, 0.717) is 24.6 Å². The first-order chi connectivity index (χ1) is 13.4. The maximum absolute atomic E-state index is 12.4. The van der Waals surface area contributed by atoms with Crippen molar-refractivity contribution in [3.05, 3.63) is 63.2 Å². The minimum Gasteiger partial charge on any atom is -0.356 e. The number of hydrogen-bond acceptors (Lipinski definition) is 5. The summed E-state index contributed by atoms with van der Waals surface area (Å²) in [5.41, 5.74) is 0.829. The average Bonchev–Trinajstić information content (AvgIpc) is 3.29. The lowest BCUT2D eigenvalue weighted by atomic mass is 10.2. The Bertz CT molecular complexity index is 1130. The molecular formula is C19H22N6O3. The van der Waals surface area contributed by atoms with Crippen molar-refractivity contribution in [1.82, 2.24) is 23.8 Å². The van der Waals surface area contributed by atoms with E-state index in [2.05, 4.69) is 10.3 Å². The van der Waals surface area contributed by atoms with Gasteiger partial charge in [0.25, 0.3) is 5.56 Å². The minimum atomic E-state index is -0.359. The van der Waals surface area contributed by atoms with E-state index in [9.17, 15) is 14.4 Å². The van der Waals surface area contributed by atoms with Crippen molar-refractivity contribution in [2.75, 3.05) is 18.0 Å². The molecule has 1 aliphatic rings. The fourth-order valence-electron chi connectivity index (χ4n) is 3.63. The van der Waals surface area contributed by atoms with Gasteiger partial charge in [-0.2, -0.15) is 0 Å². The van der Waals surface area contributed by atoms with Crippen LogP contribution in [0.2, 0.25) is 0 Å². The molecule has 9 heteroatoms. The molecule has 0 bridgehead atoms. The van der Waals surface area contributed by atoms with Crippen LogP contribution in [0.4, 0.5) is 5.82 Å². The number of aromatic nitrogens is 4. The zero-order chi connectivity index (χ0) is 19.8. The number of nitrogens with one attached hydrogen (secondary N) is 1. The predicted octanol–water partition coefficient (Wildman–Crippen LogP) is -0.331. The smallest absolute Gasteiger partial charge is 0.332 e. The number of nitrogens with zero attached hydrogens (tertiary/aromatic N) is 5. The van der Waals surface area contributed by atoms with Crippen LogP contribution >= 0.6 is 0 Å². The van der Waals surface area contributed by atoms with Crippen LogP contribution < -0.4 is 21.5 Å². The third kappa shape index (κ3) is 3.30. The number of fused-ring (bicyclic) bond motifs is 1. The second-order valence-electron chi connectivity index (χ2n) is 7.12. The van der Waals surface area contributed by atoms with Crippen molar-refractivity contribution >= 4 is 17.4 Å². The molecule has 28 heavy (non-hydrogen) atoms. The van der Waals surface area contributed by atoms with Crippen LogP contribution in [-0.2, 0) is 25.3 Å². The van der Waals surface area contributed by atoms with Gasteiger partial charge in [0.1, 0.15) is 11.5 Å². The number of carbonyl (C=O) groups is 1. The number of imidazole rings is 1. The molecule has 1 saturated heterocycles. The van der Waals surface area contributed by atoms with Crippen molar-refractivity contribution in [3.63, 3.8) is 0 Å². The van der Waals surface area contributed by atoms with Crippen LogP contribution in [0.15, 0.2) is 46.2 Å². The van der Waals surface area contributed by atoms with E-state index >= 15 is 0 Å². The van der Waals surface area contributed by atoms with E-state index in [4.69, 9.17) is 0 Å². The first-order valence-electron chi connectivity index (χ1n) is 9.16. The minimum absolute atomic E-state index is 0.0382. The SMILES string of the molecule is Cn1c(N2CC[C@@H](NC(=O)Cc3cn4ccccc4n3)C2)cc(=O)n(C)c1=O. The number of anilines is 1. The summed E-state index contributed by atoms with van der Waals surface area (Å²) in [6, 6.07) is 7.13. The van der Waals surface area contributed by atoms with Crippen molar-refractivity contribution < 1.29 is 4.79 Å². The largest absolute Gasteiger partial charge is 0.356 e. The van der Waals surface area contributed by atoms with E-state index in [0.717, 1.165) is 16.6 Å². The van der Waals surface area contributed by atoms with Gasteiger partial charge in [0.05, 0.1) is 12.1 Å². The van der Waals surface area contributed by atoms with E-state index < -0.39 is 0 Å². The molecule has 0 aromatic carbocycles. The van der Waals surface area contributed by atoms with Gasteiger partial charge in [0.15, 0.2) is 0 Å². The quantitative estimate of drug-likeness (QED) is 0.667. The highest BCUT2D eigenvalue weighted by atomic mass is 16.2. The molecule has 0 unspecified atom stereocenters. The fourth-order valence-corrected chi connectivity index (χ4v) is 3.63. The van der Waals surface area contributed by atoms with Crippen LogP contribution in [0.3, 0.4) is 0 Å². The first kappa shape index (κ1) is 18.0. The van der Waals surface area contributed by atoms with Crippen LogP contribution in [0.25, 0.3) is 5.65 Å². The van der Waals surface area contributed by atoms with Gasteiger partial charge >= 0.3 is 5.69 Å². The molecule has 1 aliphatic heterocycles. The summed E-state index contributed by atoms with van der Waals surface area (Å²) in [6.45, 7) is 1.22. The summed E-state index contributed by atoms with van der Waals surface area (Å²) in [4.78, 5) is 42.9. The normalized spacial score (nSPS) is 16.6. The summed E-state index contributed by atoms with van der Waals surface area (Å²) in [6.07, 6.45) is 4.71. The number of hydrogen-bond donors (Lipinski definition) is 1. The Balaban J connectivity index is 1.41. The third-order valence-electron chi connectivity index (χ3n) is 5.13. The molecule has 9 nitrogen and oxygen atoms in total. The zero-order valence-corrected chi connectivity index (χ0v) is 15.8. The van der Waals surface area contributed by atoms with Gasteiger partial charge < -0.3 is 14.6 Å². The van der Waals surface area contributed by atoms with Gasteiger partial charge in [-0.25, -0.2) is 9.78 Å². The molecule has 1 atom stereocenters. The maximum atomic E-state index is 12.4. The topological polar surface area (TPSA) is 93.6 Å². The van der Waals surface area contributed by atoms with Crippen molar-refractivity contribution in [1.29, 1.82) is 0 Å². The summed E-state index contributed by atoms with van der Waals surface area (Å²) in [5.74, 6) is 0.485. The number of rotatable bonds is 4. The van der Waals surface area contributed by atoms with Crippen LogP contribution in [0, 0.1) is 0 Å². The second kappa shape index (κ2) is 6.99. The van der Waals surface area contributed by atoms with Gasteiger partial charge in [0.2, 0.25) is 5.91 Å². The lowest BCUT2D eigenvalue weighted by Crippen LogP contribution is -2.41. The molecule has 3 aromatic rings. The lowest BCUT2D eigenvalue weighted by molar-refractivity contribution is -0.121. The molecule has 0 saturated carbocycles. The first-order valence-corrected chi connectivity index (χ1v) is 9.16. The third-order valence-corrected chi connectivity index (χ3v) is 5.13. The Hall–Kier alpha value is -3.36. The van der Waals surface area contributed by atoms with E-state index in [1.165, 1.54) is 17.7 Å². The molecule has 1 N–H and O–H groups in total. The Labute approximate surface area is 160 Å². The molecule has 1 amide bonds. The van der Waals surface area contributed by atoms with Crippen LogP contribution in [-0.4, -0.2) is 43.6 Å². The molecule has 4 rings (SSSR count). The van der Waals surface area contributed by atoms with Crippen molar-refractivity contribution in [3.8, 4) is 0 Å². The summed E-state index contributed by atoms with van der Waals surface area (Å²) in [7, 11) is 3.10. The fraction of sp³-hybridized carbons (Fsp3) is 0.368. The van der Waals surface area contributed by atoms with Gasteiger partial charge in [-0.05, 0) is 18.6 Å². The summed E-state index contributed by atoms with van der Waals surface area (Å²) < 4.78 is 4.42. The van der Waals surface area contributed by atoms with Crippen molar-refractivity contribution in [2.24, 2.45) is 14.1 Å². The molecular weight excluding hydrogens is 360 g/mol. The highest BCUT2D eigenvalue weighted by molar-refractivity contribution is 5.78. The molecule has 0 spiro atoms. The molecule has 0 aliphatic carbocycles.